The van der Waals surface area contributed by atoms with Crippen molar-refractivity contribution in [2.75, 3.05) is 6.61 Å². The van der Waals surface area contributed by atoms with Crippen LogP contribution in [0.25, 0.3) is 0 Å². The van der Waals surface area contributed by atoms with E-state index in [0.29, 0.717) is 5.56 Å². The Morgan fingerprint density at radius 1 is 1.17 bits per heavy atom. The van der Waals surface area contributed by atoms with E-state index >= 15 is 0 Å². The fourth-order valence-corrected chi connectivity index (χ4v) is 1.97. The highest BCUT2D eigenvalue weighted by atomic mass is 16.5. The minimum atomic E-state index is -1.09. The van der Waals surface area contributed by atoms with Crippen LogP contribution >= 0.6 is 0 Å². The Hall–Kier alpha value is -2.37. The van der Waals surface area contributed by atoms with Crippen LogP contribution < -0.4 is 11.1 Å². The number of nitrogens with two attached hydrogens (primary N) is 1. The maximum absolute atomic E-state index is 12.2. The molecule has 0 spiro atoms. The highest BCUT2D eigenvalue weighted by Gasteiger charge is 2.23. The molecule has 0 saturated carbocycles. The summed E-state index contributed by atoms with van der Waals surface area (Å²) in [6.45, 7) is 8.08. The first kappa shape index (κ1) is 18.7. The zero-order chi connectivity index (χ0) is 17.6. The Balaban J connectivity index is 2.79. The Morgan fingerprint density at radius 2 is 1.74 bits per heavy atom. The van der Waals surface area contributed by atoms with Crippen LogP contribution in [0.15, 0.2) is 24.3 Å². The van der Waals surface area contributed by atoms with E-state index in [1.54, 1.807) is 19.1 Å². The van der Waals surface area contributed by atoms with E-state index in [0.717, 1.165) is 5.56 Å². The van der Waals surface area contributed by atoms with E-state index in [9.17, 15) is 14.4 Å². The third-order valence-electron chi connectivity index (χ3n) is 3.34. The number of primary amides is 1. The topological polar surface area (TPSA) is 98.5 Å². The van der Waals surface area contributed by atoms with Crippen molar-refractivity contribution in [1.82, 2.24) is 5.32 Å². The lowest BCUT2D eigenvalue weighted by Gasteiger charge is -2.19. The molecule has 0 aliphatic carbocycles. The van der Waals surface area contributed by atoms with E-state index in [4.69, 9.17) is 10.5 Å². The lowest BCUT2D eigenvalue weighted by atomic mass is 9.86. The van der Waals surface area contributed by atoms with Gasteiger partial charge in [0.15, 0.2) is 0 Å². The molecule has 0 heterocycles. The second-order valence-corrected chi connectivity index (χ2v) is 6.26. The lowest BCUT2D eigenvalue weighted by molar-refractivity contribution is -0.145. The van der Waals surface area contributed by atoms with Crippen LogP contribution in [0.2, 0.25) is 0 Å². The van der Waals surface area contributed by atoms with Crippen LogP contribution in [0.3, 0.4) is 0 Å². The zero-order valence-electron chi connectivity index (χ0n) is 14.0. The molecule has 1 rings (SSSR count). The van der Waals surface area contributed by atoms with Gasteiger partial charge in [-0.15, -0.1) is 0 Å². The van der Waals surface area contributed by atoms with Gasteiger partial charge in [-0.1, -0.05) is 32.9 Å². The maximum Gasteiger partial charge on any atom is 0.308 e. The molecule has 1 aromatic rings. The molecule has 0 aromatic heterocycles. The number of benzene rings is 1. The predicted molar refractivity (Wildman–Crippen MR) is 86.8 cm³/mol. The van der Waals surface area contributed by atoms with E-state index in [1.807, 2.05) is 12.1 Å². The number of rotatable bonds is 6. The molecule has 0 saturated heterocycles. The fraction of sp³-hybridized carbons (Fsp3) is 0.471. The first-order chi connectivity index (χ1) is 10.6. The monoisotopic (exact) mass is 320 g/mol. The maximum atomic E-state index is 12.2. The Labute approximate surface area is 136 Å². The van der Waals surface area contributed by atoms with Gasteiger partial charge in [-0.05, 0) is 30.0 Å². The summed E-state index contributed by atoms with van der Waals surface area (Å²) in [6, 6.07) is 5.99. The molecule has 1 aromatic carbocycles. The molecule has 6 heteroatoms. The number of carbonyl (C=O) groups excluding carboxylic acids is 3. The second kappa shape index (κ2) is 7.76. The minimum Gasteiger partial charge on any atom is -0.466 e. The zero-order valence-corrected chi connectivity index (χ0v) is 14.0. The van der Waals surface area contributed by atoms with E-state index in [1.165, 1.54) is 0 Å². The molecule has 0 aliphatic heterocycles. The van der Waals surface area contributed by atoms with Gasteiger partial charge < -0.3 is 15.8 Å². The summed E-state index contributed by atoms with van der Waals surface area (Å²) in [6.07, 6.45) is -0.283. The van der Waals surface area contributed by atoms with Crippen molar-refractivity contribution >= 4 is 17.8 Å². The highest BCUT2D eigenvalue weighted by molar-refractivity contribution is 5.98. The number of ether oxygens (including phenoxy) is 1. The summed E-state index contributed by atoms with van der Waals surface area (Å²) in [4.78, 5) is 35.0. The molecule has 1 atom stereocenters. The molecule has 0 radical (unpaired) electrons. The van der Waals surface area contributed by atoms with Crippen molar-refractivity contribution in [2.24, 2.45) is 5.73 Å². The van der Waals surface area contributed by atoms with Crippen molar-refractivity contribution in [3.05, 3.63) is 35.4 Å². The van der Waals surface area contributed by atoms with Crippen LogP contribution in [-0.2, 0) is 19.7 Å². The molecule has 0 bridgehead atoms. The Morgan fingerprint density at radius 3 is 2.17 bits per heavy atom. The highest BCUT2D eigenvalue weighted by Crippen LogP contribution is 2.22. The lowest BCUT2D eigenvalue weighted by Crippen LogP contribution is -2.45. The van der Waals surface area contributed by atoms with Crippen molar-refractivity contribution in [1.29, 1.82) is 0 Å². The van der Waals surface area contributed by atoms with Crippen LogP contribution in [0.4, 0.5) is 0 Å². The van der Waals surface area contributed by atoms with Crippen LogP contribution in [0.1, 0.15) is 50.0 Å². The molecule has 6 nitrogen and oxygen atoms in total. The summed E-state index contributed by atoms with van der Waals surface area (Å²) in [7, 11) is 0. The fourth-order valence-electron chi connectivity index (χ4n) is 1.97. The minimum absolute atomic E-state index is 0.0192. The Bertz CT molecular complexity index is 573. The molecule has 23 heavy (non-hydrogen) atoms. The normalized spacial score (nSPS) is 12.3. The van der Waals surface area contributed by atoms with Crippen molar-refractivity contribution in [2.45, 2.75) is 45.6 Å². The van der Waals surface area contributed by atoms with Gasteiger partial charge in [0.25, 0.3) is 5.91 Å². The molecule has 126 valence electrons. The quantitative estimate of drug-likeness (QED) is 0.776. The number of hydrogen-bond donors (Lipinski definition) is 2. The van der Waals surface area contributed by atoms with Gasteiger partial charge in [0.05, 0.1) is 13.0 Å². The summed E-state index contributed by atoms with van der Waals surface area (Å²) in [5, 5.41) is 2.47. The number of hydrogen-bond acceptors (Lipinski definition) is 4. The number of nitrogens with one attached hydrogen (secondary N) is 1. The van der Waals surface area contributed by atoms with Crippen LogP contribution in [-0.4, -0.2) is 30.4 Å². The third-order valence-corrected chi connectivity index (χ3v) is 3.34. The summed E-state index contributed by atoms with van der Waals surface area (Å²) in [5.41, 5.74) is 6.69. The van der Waals surface area contributed by atoms with Gasteiger partial charge in [-0.3, -0.25) is 14.4 Å². The average Bonchev–Trinajstić information content (AvgIpc) is 2.45. The van der Waals surface area contributed by atoms with Crippen LogP contribution in [0, 0.1) is 0 Å². The van der Waals surface area contributed by atoms with Crippen molar-refractivity contribution in [3.63, 3.8) is 0 Å². The predicted octanol–water partition coefficient (Wildman–Crippen LogP) is 1.52. The molecular weight excluding hydrogens is 296 g/mol. The molecule has 0 aliphatic rings. The first-order valence-corrected chi connectivity index (χ1v) is 7.51. The van der Waals surface area contributed by atoms with Crippen molar-refractivity contribution in [3.8, 4) is 0 Å². The number of esters is 1. The summed E-state index contributed by atoms with van der Waals surface area (Å²) >= 11 is 0. The van der Waals surface area contributed by atoms with Crippen molar-refractivity contribution < 1.29 is 19.1 Å². The SMILES string of the molecule is CCOC(=O)C[C@@H](NC(=O)c1ccc(C(C)(C)C)cc1)C(N)=O. The van der Waals surface area contributed by atoms with Gasteiger partial charge in [0.2, 0.25) is 5.91 Å². The van der Waals surface area contributed by atoms with Gasteiger partial charge in [0.1, 0.15) is 6.04 Å². The standard InChI is InChI=1S/C17H24N2O4/c1-5-23-14(20)10-13(15(18)21)19-16(22)11-6-8-12(9-7-11)17(2,3)4/h6-9,13H,5,10H2,1-4H3,(H2,18,21)(H,19,22)/t13-/m1/s1. The molecular formula is C17H24N2O4. The summed E-state index contributed by atoms with van der Waals surface area (Å²) in [5.74, 6) is -1.82. The second-order valence-electron chi connectivity index (χ2n) is 6.26. The van der Waals surface area contributed by atoms with Gasteiger partial charge in [-0.25, -0.2) is 0 Å². The summed E-state index contributed by atoms with van der Waals surface area (Å²) < 4.78 is 4.76. The molecule has 3 N–H and O–H groups in total. The molecule has 0 fully saturated rings. The van der Waals surface area contributed by atoms with E-state index in [-0.39, 0.29) is 18.4 Å². The number of amides is 2. The average molecular weight is 320 g/mol. The van der Waals surface area contributed by atoms with Crippen LogP contribution in [0.5, 0.6) is 0 Å². The first-order valence-electron chi connectivity index (χ1n) is 7.51. The smallest absolute Gasteiger partial charge is 0.308 e. The van der Waals surface area contributed by atoms with Gasteiger partial charge in [0, 0.05) is 5.56 Å². The third kappa shape index (κ3) is 5.73. The van der Waals surface area contributed by atoms with E-state index < -0.39 is 23.8 Å². The molecule has 0 unspecified atom stereocenters. The largest absolute Gasteiger partial charge is 0.466 e. The molecule has 2 amide bonds. The van der Waals surface area contributed by atoms with E-state index in [2.05, 4.69) is 26.1 Å². The number of carbonyl (C=O) groups is 3. The Kier molecular flexibility index (Phi) is 6.30. The van der Waals surface area contributed by atoms with Gasteiger partial charge >= 0.3 is 5.97 Å². The van der Waals surface area contributed by atoms with Gasteiger partial charge in [-0.2, -0.15) is 0 Å².